The molecule has 2 heterocycles. The van der Waals surface area contributed by atoms with E-state index in [4.69, 9.17) is 4.55 Å². The number of nitrogens with zero attached hydrogens (tertiary/aromatic N) is 2. The first-order chi connectivity index (χ1) is 15.2. The number of hydrogen-bond acceptors (Lipinski definition) is 9. The van der Waals surface area contributed by atoms with E-state index in [1.54, 1.807) is 17.0 Å². The topological polar surface area (TPSA) is 151 Å². The van der Waals surface area contributed by atoms with Gasteiger partial charge in [-0.15, -0.1) is 0 Å². The molecule has 0 bridgehead atoms. The standard InChI is InChI=1S/C19H25N3O7S3/c23-14(13-22-18(25)12-15(19(22)26)32(27,28)29)6-2-1-4-9-20-16(24)8-11-30-31-17-7-3-5-10-21-17/h3,5,7,10,15H,1-2,4,6,8-9,11-13H2,(H,20,24)(H,27,28,29). The molecular weight excluding hydrogens is 478 g/mol. The zero-order chi connectivity index (χ0) is 23.6. The third-order valence-electron chi connectivity index (χ3n) is 4.55. The predicted octanol–water partition coefficient (Wildman–Crippen LogP) is 1.47. The summed E-state index contributed by atoms with van der Waals surface area (Å²) in [6, 6.07) is 5.65. The number of amides is 3. The van der Waals surface area contributed by atoms with E-state index < -0.39 is 40.1 Å². The van der Waals surface area contributed by atoms with E-state index in [1.165, 1.54) is 10.8 Å². The number of carbonyl (C=O) groups excluding carboxylic acids is 4. The van der Waals surface area contributed by atoms with Gasteiger partial charge in [-0.2, -0.15) is 8.42 Å². The van der Waals surface area contributed by atoms with Crippen molar-refractivity contribution in [2.75, 3.05) is 18.8 Å². The lowest BCUT2D eigenvalue weighted by atomic mass is 10.1. The predicted molar refractivity (Wildman–Crippen MR) is 120 cm³/mol. The summed E-state index contributed by atoms with van der Waals surface area (Å²) < 4.78 is 31.2. The summed E-state index contributed by atoms with van der Waals surface area (Å²) >= 11 is 0. The van der Waals surface area contributed by atoms with Crippen LogP contribution in [-0.4, -0.2) is 70.5 Å². The summed E-state index contributed by atoms with van der Waals surface area (Å²) in [6.07, 6.45) is 3.46. The second kappa shape index (κ2) is 12.9. The van der Waals surface area contributed by atoms with Gasteiger partial charge in [-0.05, 0) is 35.8 Å². The van der Waals surface area contributed by atoms with Crippen molar-refractivity contribution >= 4 is 55.2 Å². The zero-order valence-electron chi connectivity index (χ0n) is 17.3. The molecular formula is C19H25N3O7S3. The van der Waals surface area contributed by atoms with Crippen LogP contribution in [0.1, 0.15) is 38.5 Å². The summed E-state index contributed by atoms with van der Waals surface area (Å²) in [7, 11) is -1.60. The van der Waals surface area contributed by atoms with Crippen molar-refractivity contribution in [3.8, 4) is 0 Å². The van der Waals surface area contributed by atoms with Crippen LogP contribution in [0.2, 0.25) is 0 Å². The lowest BCUT2D eigenvalue weighted by molar-refractivity contribution is -0.141. The summed E-state index contributed by atoms with van der Waals surface area (Å²) in [6.45, 7) is -0.00118. The van der Waals surface area contributed by atoms with Gasteiger partial charge in [-0.1, -0.05) is 23.3 Å². The molecule has 1 unspecified atom stereocenters. The molecule has 2 N–H and O–H groups in total. The fraction of sp³-hybridized carbons (Fsp3) is 0.526. The van der Waals surface area contributed by atoms with Gasteiger partial charge >= 0.3 is 0 Å². The molecule has 1 aromatic rings. The molecule has 0 aromatic carbocycles. The van der Waals surface area contributed by atoms with E-state index in [9.17, 15) is 27.6 Å². The van der Waals surface area contributed by atoms with Crippen LogP contribution in [0, 0.1) is 0 Å². The third-order valence-corrected chi connectivity index (χ3v) is 7.90. The van der Waals surface area contributed by atoms with Crippen LogP contribution in [0.15, 0.2) is 29.4 Å². The Hall–Kier alpha value is -1.96. The minimum absolute atomic E-state index is 0.0466. The van der Waals surface area contributed by atoms with Crippen LogP contribution in [0.25, 0.3) is 0 Å². The Bertz CT molecular complexity index is 925. The average molecular weight is 504 g/mol. The summed E-state index contributed by atoms with van der Waals surface area (Å²) in [5.41, 5.74) is 0. The van der Waals surface area contributed by atoms with E-state index in [0.717, 1.165) is 5.03 Å². The number of imide groups is 1. The van der Waals surface area contributed by atoms with Crippen LogP contribution >= 0.6 is 21.6 Å². The van der Waals surface area contributed by atoms with Crippen LogP contribution < -0.4 is 5.32 Å². The Kier molecular flexibility index (Phi) is 10.6. The molecule has 2 rings (SSSR count). The quantitative estimate of drug-likeness (QED) is 0.165. The van der Waals surface area contributed by atoms with Crippen molar-refractivity contribution in [1.29, 1.82) is 0 Å². The molecule has 1 aliphatic rings. The van der Waals surface area contributed by atoms with Crippen molar-refractivity contribution < 1.29 is 32.1 Å². The highest BCUT2D eigenvalue weighted by Gasteiger charge is 2.46. The maximum atomic E-state index is 12.0. The monoisotopic (exact) mass is 503 g/mol. The maximum absolute atomic E-state index is 12.0. The lowest BCUT2D eigenvalue weighted by Crippen LogP contribution is -2.38. The van der Waals surface area contributed by atoms with Gasteiger partial charge in [0, 0.05) is 31.3 Å². The zero-order valence-corrected chi connectivity index (χ0v) is 19.7. The van der Waals surface area contributed by atoms with Gasteiger partial charge in [0.2, 0.25) is 11.8 Å². The molecule has 1 fully saturated rings. The van der Waals surface area contributed by atoms with Gasteiger partial charge in [0.15, 0.2) is 11.0 Å². The van der Waals surface area contributed by atoms with Gasteiger partial charge in [0.05, 0.1) is 13.0 Å². The Morgan fingerprint density at radius 1 is 1.19 bits per heavy atom. The van der Waals surface area contributed by atoms with Crippen LogP contribution in [0.5, 0.6) is 0 Å². The molecule has 0 aliphatic carbocycles. The molecule has 10 nitrogen and oxygen atoms in total. The van der Waals surface area contributed by atoms with Crippen molar-refractivity contribution in [2.45, 2.75) is 48.8 Å². The first-order valence-electron chi connectivity index (χ1n) is 9.98. The number of ketones is 1. The highest BCUT2D eigenvalue weighted by Crippen LogP contribution is 2.29. The number of nitrogens with one attached hydrogen (secondary N) is 1. The highest BCUT2D eigenvalue weighted by molar-refractivity contribution is 8.76. The smallest absolute Gasteiger partial charge is 0.277 e. The summed E-state index contributed by atoms with van der Waals surface area (Å²) in [5, 5.41) is 1.89. The number of carbonyl (C=O) groups is 4. The molecule has 1 aromatic heterocycles. The largest absolute Gasteiger partial charge is 0.356 e. The Labute approximate surface area is 194 Å². The molecule has 0 spiro atoms. The molecule has 0 saturated carbocycles. The molecule has 32 heavy (non-hydrogen) atoms. The summed E-state index contributed by atoms with van der Waals surface area (Å²) in [4.78, 5) is 52.2. The Balaban J connectivity index is 1.51. The third kappa shape index (κ3) is 8.88. The molecule has 0 radical (unpaired) electrons. The van der Waals surface area contributed by atoms with E-state index in [-0.39, 0.29) is 18.1 Å². The van der Waals surface area contributed by atoms with Gasteiger partial charge in [-0.25, -0.2) is 4.98 Å². The van der Waals surface area contributed by atoms with Crippen molar-refractivity contribution in [2.24, 2.45) is 0 Å². The van der Waals surface area contributed by atoms with Gasteiger partial charge < -0.3 is 5.32 Å². The average Bonchev–Trinajstić information content (AvgIpc) is 3.03. The minimum Gasteiger partial charge on any atom is -0.356 e. The second-order valence-corrected chi connectivity index (χ2v) is 11.1. The van der Waals surface area contributed by atoms with Crippen molar-refractivity contribution in [3.63, 3.8) is 0 Å². The first kappa shape index (κ1) is 26.3. The number of likely N-dealkylation sites (tertiary alicyclic amines) is 1. The van der Waals surface area contributed by atoms with E-state index in [0.29, 0.717) is 42.9 Å². The molecule has 3 amide bonds. The van der Waals surface area contributed by atoms with Crippen molar-refractivity contribution in [1.82, 2.24) is 15.2 Å². The van der Waals surface area contributed by atoms with E-state index >= 15 is 0 Å². The molecule has 1 atom stereocenters. The Morgan fingerprint density at radius 3 is 2.62 bits per heavy atom. The van der Waals surface area contributed by atoms with E-state index in [2.05, 4.69) is 10.3 Å². The minimum atomic E-state index is -4.67. The van der Waals surface area contributed by atoms with Gasteiger partial charge in [0.1, 0.15) is 5.03 Å². The lowest BCUT2D eigenvalue weighted by Gasteiger charge is -2.13. The number of Topliss-reactive ketones (excluding diaryl/α,β-unsaturated/α-hetero) is 1. The number of pyridine rings is 1. The van der Waals surface area contributed by atoms with Crippen molar-refractivity contribution in [3.05, 3.63) is 24.4 Å². The number of aromatic nitrogens is 1. The summed E-state index contributed by atoms with van der Waals surface area (Å²) in [5.74, 6) is -1.60. The highest BCUT2D eigenvalue weighted by atomic mass is 33.1. The number of rotatable bonds is 14. The fourth-order valence-corrected chi connectivity index (χ4v) is 5.48. The van der Waals surface area contributed by atoms with Crippen LogP contribution in [0.3, 0.4) is 0 Å². The molecule has 176 valence electrons. The number of unbranched alkanes of at least 4 members (excludes halogenated alkanes) is 2. The second-order valence-electron chi connectivity index (χ2n) is 7.05. The van der Waals surface area contributed by atoms with Gasteiger partial charge in [0.25, 0.3) is 16.0 Å². The van der Waals surface area contributed by atoms with Crippen LogP contribution in [-0.2, 0) is 29.3 Å². The SMILES string of the molecule is O=C(CCCCCNC(=O)CCSSc1ccccn1)CN1C(=O)CC(S(=O)(=O)O)C1=O. The number of hydrogen-bond donors (Lipinski definition) is 2. The molecule has 1 aliphatic heterocycles. The van der Waals surface area contributed by atoms with Crippen LogP contribution in [0.4, 0.5) is 0 Å². The Morgan fingerprint density at radius 2 is 1.97 bits per heavy atom. The maximum Gasteiger partial charge on any atom is 0.277 e. The normalized spacial score (nSPS) is 16.4. The van der Waals surface area contributed by atoms with E-state index in [1.807, 2.05) is 18.2 Å². The first-order valence-corrected chi connectivity index (χ1v) is 13.8. The molecule has 1 saturated heterocycles. The molecule has 13 heteroatoms. The van der Waals surface area contributed by atoms with Gasteiger partial charge in [-0.3, -0.25) is 28.6 Å². The fourth-order valence-electron chi connectivity index (χ4n) is 2.88.